The molecule has 2 atom stereocenters. The summed E-state index contributed by atoms with van der Waals surface area (Å²) in [7, 11) is 0. The number of nitrogens with one attached hydrogen (secondary N) is 2. The van der Waals surface area contributed by atoms with Gasteiger partial charge in [-0.15, -0.1) is 0 Å². The van der Waals surface area contributed by atoms with Gasteiger partial charge in [-0.2, -0.15) is 0 Å². The summed E-state index contributed by atoms with van der Waals surface area (Å²) in [5, 5.41) is 6.55. The van der Waals surface area contributed by atoms with E-state index in [0.29, 0.717) is 6.04 Å². The number of nitrogens with zero attached hydrogens (tertiary/aromatic N) is 1. The molecule has 2 heterocycles. The van der Waals surface area contributed by atoms with Gasteiger partial charge in [0, 0.05) is 28.8 Å². The van der Waals surface area contributed by atoms with E-state index < -0.39 is 0 Å². The largest absolute Gasteiger partial charge is 0.348 e. The van der Waals surface area contributed by atoms with Crippen molar-refractivity contribution in [3.63, 3.8) is 0 Å². The number of halogens is 1. The third-order valence-electron chi connectivity index (χ3n) is 3.56. The van der Waals surface area contributed by atoms with Crippen LogP contribution in [-0.2, 0) is 0 Å². The lowest BCUT2D eigenvalue weighted by Crippen LogP contribution is -2.46. The van der Waals surface area contributed by atoms with E-state index >= 15 is 0 Å². The molecule has 106 valence electrons. The second-order valence-corrected chi connectivity index (χ2v) is 6.51. The lowest BCUT2D eigenvalue weighted by molar-refractivity contribution is 0.0914. The van der Waals surface area contributed by atoms with Crippen LogP contribution in [0.1, 0.15) is 50.1 Å². The van der Waals surface area contributed by atoms with Gasteiger partial charge < -0.3 is 15.2 Å². The first-order valence-electron chi connectivity index (χ1n) is 6.89. The van der Waals surface area contributed by atoms with Gasteiger partial charge in [-0.1, -0.05) is 0 Å². The summed E-state index contributed by atoms with van der Waals surface area (Å²) in [4.78, 5) is 12.4. The summed E-state index contributed by atoms with van der Waals surface area (Å²) in [6.45, 7) is 7.29. The Labute approximate surface area is 123 Å². The van der Waals surface area contributed by atoms with Crippen molar-refractivity contribution in [1.29, 1.82) is 0 Å². The maximum Gasteiger partial charge on any atom is 0.268 e. The molecule has 0 aromatic carbocycles. The average Bonchev–Trinajstić information content (AvgIpc) is 2.71. The fraction of sp³-hybridized carbons (Fsp3) is 0.643. The Morgan fingerprint density at radius 2 is 2.32 bits per heavy atom. The van der Waals surface area contributed by atoms with Gasteiger partial charge in [0.25, 0.3) is 5.91 Å². The third-order valence-corrected chi connectivity index (χ3v) is 4.00. The number of amides is 1. The van der Waals surface area contributed by atoms with Crippen molar-refractivity contribution >= 4 is 21.8 Å². The normalized spacial score (nSPS) is 23.6. The Bertz CT molecular complexity index is 456. The molecule has 4 nitrogen and oxygen atoms in total. The van der Waals surface area contributed by atoms with Crippen molar-refractivity contribution < 1.29 is 4.79 Å². The second-order valence-electron chi connectivity index (χ2n) is 5.59. The number of aromatic nitrogens is 1. The van der Waals surface area contributed by atoms with Crippen molar-refractivity contribution in [2.45, 2.75) is 51.7 Å². The van der Waals surface area contributed by atoms with Crippen LogP contribution in [-0.4, -0.2) is 29.1 Å². The molecular formula is C14H22BrN3O. The lowest BCUT2D eigenvalue weighted by atomic mass is 10.0. The smallest absolute Gasteiger partial charge is 0.268 e. The minimum atomic E-state index is 0.0264. The topological polar surface area (TPSA) is 46.1 Å². The maximum absolute atomic E-state index is 12.4. The molecule has 0 radical (unpaired) electrons. The number of carbonyl (C=O) groups is 1. The highest BCUT2D eigenvalue weighted by Crippen LogP contribution is 2.20. The fourth-order valence-electron chi connectivity index (χ4n) is 2.58. The Morgan fingerprint density at radius 1 is 1.58 bits per heavy atom. The Kier molecular flexibility index (Phi) is 4.68. The monoisotopic (exact) mass is 327 g/mol. The molecule has 2 unspecified atom stereocenters. The van der Waals surface area contributed by atoms with Crippen LogP contribution in [0.15, 0.2) is 16.7 Å². The SMILES string of the molecule is CC1CC(NC(=O)c2cc(Br)cn2C(C)C)CCN1. The van der Waals surface area contributed by atoms with Crippen LogP contribution in [0.3, 0.4) is 0 Å². The van der Waals surface area contributed by atoms with Crippen LogP contribution in [0, 0.1) is 0 Å². The van der Waals surface area contributed by atoms with Crippen LogP contribution >= 0.6 is 15.9 Å². The molecule has 19 heavy (non-hydrogen) atoms. The Morgan fingerprint density at radius 3 is 2.95 bits per heavy atom. The summed E-state index contributed by atoms with van der Waals surface area (Å²) in [5.41, 5.74) is 0.730. The maximum atomic E-state index is 12.4. The Hall–Kier alpha value is -0.810. The highest BCUT2D eigenvalue weighted by atomic mass is 79.9. The van der Waals surface area contributed by atoms with E-state index in [0.717, 1.165) is 29.6 Å². The van der Waals surface area contributed by atoms with Gasteiger partial charge in [0.1, 0.15) is 5.69 Å². The van der Waals surface area contributed by atoms with Gasteiger partial charge in [-0.05, 0) is 62.2 Å². The molecule has 1 saturated heterocycles. The van der Waals surface area contributed by atoms with E-state index in [2.05, 4.69) is 47.3 Å². The molecule has 1 aromatic rings. The zero-order valence-corrected chi connectivity index (χ0v) is 13.3. The zero-order chi connectivity index (χ0) is 14.0. The molecule has 1 aliphatic heterocycles. The predicted octanol–water partition coefficient (Wildman–Crippen LogP) is 2.70. The van der Waals surface area contributed by atoms with Crippen LogP contribution < -0.4 is 10.6 Å². The minimum Gasteiger partial charge on any atom is -0.348 e. The summed E-state index contributed by atoms with van der Waals surface area (Å²) in [6.07, 6.45) is 3.96. The molecule has 0 aliphatic carbocycles. The highest BCUT2D eigenvalue weighted by Gasteiger charge is 2.22. The third kappa shape index (κ3) is 3.60. The summed E-state index contributed by atoms with van der Waals surface area (Å²) >= 11 is 3.44. The van der Waals surface area contributed by atoms with E-state index in [9.17, 15) is 4.79 Å². The minimum absolute atomic E-state index is 0.0264. The molecule has 5 heteroatoms. The average molecular weight is 328 g/mol. The van der Waals surface area contributed by atoms with E-state index in [1.807, 2.05) is 16.8 Å². The zero-order valence-electron chi connectivity index (χ0n) is 11.7. The van der Waals surface area contributed by atoms with Gasteiger partial charge in [0.2, 0.25) is 0 Å². The molecule has 0 spiro atoms. The van der Waals surface area contributed by atoms with E-state index in [4.69, 9.17) is 0 Å². The number of carbonyl (C=O) groups excluding carboxylic acids is 1. The standard InChI is InChI=1S/C14H22BrN3O/c1-9(2)18-8-11(15)7-13(18)14(19)17-12-4-5-16-10(3)6-12/h7-10,12,16H,4-6H2,1-3H3,(H,17,19). The molecule has 2 N–H and O–H groups in total. The Balaban J connectivity index is 2.07. The van der Waals surface area contributed by atoms with Crippen LogP contribution in [0.25, 0.3) is 0 Å². The van der Waals surface area contributed by atoms with E-state index in [1.54, 1.807) is 0 Å². The first kappa shape index (κ1) is 14.6. The molecular weight excluding hydrogens is 306 g/mol. The van der Waals surface area contributed by atoms with Gasteiger partial charge >= 0.3 is 0 Å². The van der Waals surface area contributed by atoms with Crippen LogP contribution in [0.4, 0.5) is 0 Å². The molecule has 0 bridgehead atoms. The second kappa shape index (κ2) is 6.09. The quantitative estimate of drug-likeness (QED) is 0.896. The molecule has 2 rings (SSSR count). The molecule has 1 fully saturated rings. The molecule has 1 amide bonds. The lowest BCUT2D eigenvalue weighted by Gasteiger charge is -2.28. The van der Waals surface area contributed by atoms with Gasteiger partial charge in [0.15, 0.2) is 0 Å². The summed E-state index contributed by atoms with van der Waals surface area (Å²) in [5.74, 6) is 0.0264. The number of rotatable bonds is 3. The van der Waals surface area contributed by atoms with Crippen molar-refractivity contribution in [1.82, 2.24) is 15.2 Å². The van der Waals surface area contributed by atoms with Crippen LogP contribution in [0.5, 0.6) is 0 Å². The van der Waals surface area contributed by atoms with Crippen molar-refractivity contribution in [3.05, 3.63) is 22.4 Å². The van der Waals surface area contributed by atoms with Gasteiger partial charge in [0.05, 0.1) is 0 Å². The number of hydrogen-bond acceptors (Lipinski definition) is 2. The van der Waals surface area contributed by atoms with Crippen molar-refractivity contribution in [2.24, 2.45) is 0 Å². The van der Waals surface area contributed by atoms with Crippen LogP contribution in [0.2, 0.25) is 0 Å². The number of hydrogen-bond donors (Lipinski definition) is 2. The van der Waals surface area contributed by atoms with Gasteiger partial charge in [-0.25, -0.2) is 0 Å². The van der Waals surface area contributed by atoms with Crippen molar-refractivity contribution in [3.8, 4) is 0 Å². The van der Waals surface area contributed by atoms with Crippen molar-refractivity contribution in [2.75, 3.05) is 6.54 Å². The number of piperidine rings is 1. The summed E-state index contributed by atoms with van der Waals surface area (Å²) in [6, 6.07) is 2.92. The molecule has 0 saturated carbocycles. The fourth-order valence-corrected chi connectivity index (χ4v) is 3.01. The predicted molar refractivity (Wildman–Crippen MR) is 80.5 cm³/mol. The van der Waals surface area contributed by atoms with Gasteiger partial charge in [-0.3, -0.25) is 4.79 Å². The van der Waals surface area contributed by atoms with E-state index in [-0.39, 0.29) is 18.0 Å². The first-order chi connectivity index (χ1) is 8.97. The summed E-state index contributed by atoms with van der Waals surface area (Å²) < 4.78 is 2.95. The van der Waals surface area contributed by atoms with E-state index in [1.165, 1.54) is 0 Å². The molecule has 1 aromatic heterocycles. The molecule has 1 aliphatic rings. The highest BCUT2D eigenvalue weighted by molar-refractivity contribution is 9.10. The first-order valence-corrected chi connectivity index (χ1v) is 7.68.